The molecule has 0 unspecified atom stereocenters. The zero-order chi connectivity index (χ0) is 30.7. The van der Waals surface area contributed by atoms with Crippen LogP contribution in [-0.4, -0.2) is 76.2 Å². The number of piperidine rings is 1. The maximum Gasteiger partial charge on any atom is 0.357 e. The van der Waals surface area contributed by atoms with Crippen molar-refractivity contribution in [2.24, 2.45) is 0 Å². The van der Waals surface area contributed by atoms with E-state index < -0.39 is 59.4 Å². The van der Waals surface area contributed by atoms with E-state index >= 15 is 0 Å². The summed E-state index contributed by atoms with van der Waals surface area (Å²) < 4.78 is 22.9. The van der Waals surface area contributed by atoms with Crippen molar-refractivity contribution in [3.05, 3.63) is 71.0 Å². The van der Waals surface area contributed by atoms with Crippen LogP contribution in [0.15, 0.2) is 54.3 Å². The lowest BCUT2D eigenvalue weighted by atomic mass is 9.50. The molecule has 2 aromatic rings. The first kappa shape index (κ1) is 28.9. The van der Waals surface area contributed by atoms with Gasteiger partial charge >= 0.3 is 17.9 Å². The molecule has 1 saturated heterocycles. The van der Waals surface area contributed by atoms with Gasteiger partial charge in [0.1, 0.15) is 11.5 Å². The van der Waals surface area contributed by atoms with Crippen molar-refractivity contribution in [2.45, 2.75) is 74.9 Å². The lowest BCUT2D eigenvalue weighted by Gasteiger charge is -2.61. The molecule has 6 atom stereocenters. The Kier molecular flexibility index (Phi) is 7.05. The third-order valence-corrected chi connectivity index (χ3v) is 9.17. The monoisotopic (exact) mass is 591 g/mol. The quantitative estimate of drug-likeness (QED) is 0.344. The molecule has 6 rings (SSSR count). The fourth-order valence-corrected chi connectivity index (χ4v) is 7.31. The standard InChI is InChI=1S/C32H33NO10/c1-17(34)15-23(40-18(2)35)29(37)43-26(19-7-5-4-6-8-19)30(38)41-22-11-12-32(39)24-16-20-9-10-21(36)27-25(20)31(32,28(22)42-27)13-14-33(24)3/h4-11,23-24,26,28,36,39H,12-16H2,1-3H3/t23-,24+,26-,28-,31-,32+/m0/s1. The Morgan fingerprint density at radius 3 is 2.51 bits per heavy atom. The van der Waals surface area contributed by atoms with E-state index in [1.54, 1.807) is 42.5 Å². The number of carbonyl (C=O) groups excluding carboxylic acids is 4. The van der Waals surface area contributed by atoms with E-state index in [0.717, 1.165) is 18.1 Å². The zero-order valence-electron chi connectivity index (χ0n) is 24.1. The summed E-state index contributed by atoms with van der Waals surface area (Å²) in [4.78, 5) is 52.4. The minimum absolute atomic E-state index is 0.0639. The van der Waals surface area contributed by atoms with Gasteiger partial charge in [0.25, 0.3) is 0 Å². The summed E-state index contributed by atoms with van der Waals surface area (Å²) >= 11 is 0. The van der Waals surface area contributed by atoms with Crippen LogP contribution in [0.5, 0.6) is 11.5 Å². The van der Waals surface area contributed by atoms with Crippen molar-refractivity contribution in [1.82, 2.24) is 4.90 Å². The maximum atomic E-state index is 13.8. The van der Waals surface area contributed by atoms with Crippen molar-refractivity contribution in [2.75, 3.05) is 13.6 Å². The van der Waals surface area contributed by atoms with E-state index in [2.05, 4.69) is 4.90 Å². The maximum absolute atomic E-state index is 13.8. The van der Waals surface area contributed by atoms with E-state index in [0.29, 0.717) is 24.9 Å². The number of aliphatic hydroxyl groups is 1. The number of phenols is 1. The molecule has 11 nitrogen and oxygen atoms in total. The molecule has 1 fully saturated rings. The number of nitrogens with zero attached hydrogens (tertiary/aromatic N) is 1. The van der Waals surface area contributed by atoms with E-state index in [4.69, 9.17) is 18.9 Å². The van der Waals surface area contributed by atoms with Crippen molar-refractivity contribution < 1.29 is 48.3 Å². The second-order valence-electron chi connectivity index (χ2n) is 11.8. The second-order valence-corrected chi connectivity index (χ2v) is 11.8. The Labute approximate surface area is 248 Å². The van der Waals surface area contributed by atoms with Crippen LogP contribution in [0.2, 0.25) is 0 Å². The average molecular weight is 592 g/mol. The van der Waals surface area contributed by atoms with Gasteiger partial charge in [-0.15, -0.1) is 0 Å². The van der Waals surface area contributed by atoms with Gasteiger partial charge in [0, 0.05) is 30.5 Å². The van der Waals surface area contributed by atoms with Gasteiger partial charge < -0.3 is 34.1 Å². The molecule has 2 bridgehead atoms. The average Bonchev–Trinajstić information content (AvgIpc) is 3.32. The zero-order valence-corrected chi connectivity index (χ0v) is 24.1. The van der Waals surface area contributed by atoms with Gasteiger partial charge in [-0.1, -0.05) is 36.4 Å². The SMILES string of the molecule is CC(=O)C[C@H](OC(C)=O)C(=O)O[C@H](C(=O)OC1=CC[C@@]2(O)[C@H]3Cc4ccc(O)c5c4[C@@]2(CCN3C)[C@H]1O5)c1ccccc1. The first-order valence-electron chi connectivity index (χ1n) is 14.2. The second kappa shape index (κ2) is 10.5. The lowest BCUT2D eigenvalue weighted by molar-refractivity contribution is -0.182. The molecule has 226 valence electrons. The van der Waals surface area contributed by atoms with E-state index in [9.17, 15) is 29.4 Å². The molecule has 11 heteroatoms. The molecule has 0 aromatic heterocycles. The summed E-state index contributed by atoms with van der Waals surface area (Å²) in [5.41, 5.74) is -0.227. The van der Waals surface area contributed by atoms with Crippen LogP contribution in [0.25, 0.3) is 0 Å². The van der Waals surface area contributed by atoms with Crippen LogP contribution in [0.3, 0.4) is 0 Å². The van der Waals surface area contributed by atoms with Crippen LogP contribution in [0, 0.1) is 0 Å². The Hall–Kier alpha value is -4.22. The Bertz CT molecular complexity index is 1520. The molecular formula is C32H33NO10. The highest BCUT2D eigenvalue weighted by Crippen LogP contribution is 2.65. The van der Waals surface area contributed by atoms with Crippen LogP contribution in [-0.2, 0) is 45.2 Å². The number of likely N-dealkylation sites (tertiary alicyclic amines) is 1. The molecule has 2 heterocycles. The molecule has 2 aliphatic heterocycles. The third kappa shape index (κ3) is 4.49. The lowest BCUT2D eigenvalue weighted by Crippen LogP contribution is -2.74. The smallest absolute Gasteiger partial charge is 0.357 e. The summed E-state index contributed by atoms with van der Waals surface area (Å²) in [6.45, 7) is 2.99. The van der Waals surface area contributed by atoms with Gasteiger partial charge in [-0.3, -0.25) is 9.59 Å². The highest BCUT2D eigenvalue weighted by molar-refractivity contribution is 5.88. The number of phenolic OH excluding ortho intramolecular Hbond substituents is 1. The fourth-order valence-electron chi connectivity index (χ4n) is 7.31. The summed E-state index contributed by atoms with van der Waals surface area (Å²) in [7, 11) is 1.97. The predicted octanol–water partition coefficient (Wildman–Crippen LogP) is 2.41. The fraction of sp³-hybridized carbons (Fsp3) is 0.438. The number of ether oxygens (including phenoxy) is 4. The minimum Gasteiger partial charge on any atom is -0.504 e. The van der Waals surface area contributed by atoms with Crippen molar-refractivity contribution >= 4 is 23.7 Å². The number of hydrogen-bond acceptors (Lipinski definition) is 11. The molecule has 0 saturated carbocycles. The minimum atomic E-state index is -1.57. The summed E-state index contributed by atoms with van der Waals surface area (Å²) in [6, 6.07) is 11.4. The number of aromatic hydroxyl groups is 1. The molecule has 0 radical (unpaired) electrons. The van der Waals surface area contributed by atoms with E-state index in [-0.39, 0.29) is 29.7 Å². The molecule has 0 amide bonds. The number of Topliss-reactive ketones (excluding diaryl/α,β-unsaturated/α-hetero) is 1. The van der Waals surface area contributed by atoms with Crippen LogP contribution < -0.4 is 4.74 Å². The molecule has 2 aromatic carbocycles. The highest BCUT2D eigenvalue weighted by atomic mass is 16.6. The Morgan fingerprint density at radius 2 is 1.81 bits per heavy atom. The van der Waals surface area contributed by atoms with Crippen LogP contribution >= 0.6 is 0 Å². The van der Waals surface area contributed by atoms with Gasteiger partial charge in [0.05, 0.1) is 17.4 Å². The number of rotatable bonds is 8. The van der Waals surface area contributed by atoms with Gasteiger partial charge in [-0.2, -0.15) is 0 Å². The van der Waals surface area contributed by atoms with Gasteiger partial charge in [0.15, 0.2) is 17.6 Å². The van der Waals surface area contributed by atoms with Crippen molar-refractivity contribution in [1.29, 1.82) is 0 Å². The number of esters is 3. The molecule has 1 spiro atoms. The molecule has 43 heavy (non-hydrogen) atoms. The molecule has 4 aliphatic rings. The van der Waals surface area contributed by atoms with Gasteiger partial charge in [0.2, 0.25) is 12.2 Å². The number of hydrogen-bond donors (Lipinski definition) is 2. The highest BCUT2D eigenvalue weighted by Gasteiger charge is 2.72. The molecule has 2 aliphatic carbocycles. The molecular weight excluding hydrogens is 558 g/mol. The third-order valence-electron chi connectivity index (χ3n) is 9.17. The number of carbonyl (C=O) groups is 4. The Balaban J connectivity index is 1.34. The first-order chi connectivity index (χ1) is 20.5. The first-order valence-corrected chi connectivity index (χ1v) is 14.2. The van der Waals surface area contributed by atoms with Crippen molar-refractivity contribution in [3.63, 3.8) is 0 Å². The molecule has 2 N–H and O–H groups in total. The Morgan fingerprint density at radius 1 is 1.07 bits per heavy atom. The van der Waals surface area contributed by atoms with Gasteiger partial charge in [-0.05, 0) is 51.1 Å². The number of benzene rings is 2. The van der Waals surface area contributed by atoms with Crippen LogP contribution in [0.4, 0.5) is 0 Å². The predicted molar refractivity (Wildman–Crippen MR) is 149 cm³/mol. The number of likely N-dealkylation sites (N-methyl/N-ethyl adjacent to an activating group) is 1. The number of ketones is 1. The largest absolute Gasteiger partial charge is 0.504 e. The van der Waals surface area contributed by atoms with Gasteiger partial charge in [-0.25, -0.2) is 9.59 Å². The van der Waals surface area contributed by atoms with Crippen LogP contribution in [0.1, 0.15) is 55.9 Å². The van der Waals surface area contributed by atoms with Crippen molar-refractivity contribution in [3.8, 4) is 11.5 Å². The van der Waals surface area contributed by atoms with E-state index in [1.165, 1.54) is 6.92 Å². The normalized spacial score (nSPS) is 28.0. The summed E-state index contributed by atoms with van der Waals surface area (Å²) in [5.74, 6) is -2.87. The topological polar surface area (TPSA) is 149 Å². The summed E-state index contributed by atoms with van der Waals surface area (Å²) in [6.07, 6.45) is -1.59. The summed E-state index contributed by atoms with van der Waals surface area (Å²) in [5, 5.41) is 23.1. The van der Waals surface area contributed by atoms with E-state index in [1.807, 2.05) is 13.1 Å².